The molecule has 68 valence electrons. The summed E-state index contributed by atoms with van der Waals surface area (Å²) in [6, 6.07) is 0. The zero-order valence-electron chi connectivity index (χ0n) is 7.62. The van der Waals surface area contributed by atoms with Crippen LogP contribution in [0.1, 0.15) is 26.2 Å². The number of ether oxygens (including phenoxy) is 1. The fraction of sp³-hybridized carbons (Fsp3) is 0.700. The van der Waals surface area contributed by atoms with Crippen molar-refractivity contribution in [1.29, 1.82) is 5.41 Å². The summed E-state index contributed by atoms with van der Waals surface area (Å²) in [4.78, 5) is 0. The Hall–Kier alpha value is -0.630. The first-order valence-electron chi connectivity index (χ1n) is 4.60. The van der Waals surface area contributed by atoms with Gasteiger partial charge in [0.2, 0.25) is 0 Å². The van der Waals surface area contributed by atoms with Gasteiger partial charge in [0, 0.05) is 6.21 Å². The van der Waals surface area contributed by atoms with E-state index in [1.54, 1.807) is 0 Å². The first kappa shape index (κ1) is 9.46. The van der Waals surface area contributed by atoms with Crippen molar-refractivity contribution in [3.05, 3.63) is 12.2 Å². The molecule has 0 aromatic carbocycles. The molecule has 0 heterocycles. The number of nitrogens with one attached hydrogen (secondary N) is 1. The van der Waals surface area contributed by atoms with Crippen LogP contribution in [0.4, 0.5) is 0 Å². The van der Waals surface area contributed by atoms with Crippen LogP contribution < -0.4 is 0 Å². The van der Waals surface area contributed by atoms with Crippen LogP contribution in [-0.2, 0) is 4.74 Å². The maximum atomic E-state index is 6.87. The first-order chi connectivity index (χ1) is 5.88. The lowest BCUT2D eigenvalue weighted by Gasteiger charge is -2.13. The monoisotopic (exact) mass is 167 g/mol. The highest BCUT2D eigenvalue weighted by molar-refractivity contribution is 5.54. The quantitative estimate of drug-likeness (QED) is 0.478. The van der Waals surface area contributed by atoms with Crippen LogP contribution in [0.5, 0.6) is 0 Å². The highest BCUT2D eigenvalue weighted by Crippen LogP contribution is 2.35. The average Bonchev–Trinajstić information content (AvgIpc) is 2.88. The third-order valence-electron chi connectivity index (χ3n) is 2.15. The van der Waals surface area contributed by atoms with Gasteiger partial charge in [-0.05, 0) is 32.1 Å². The van der Waals surface area contributed by atoms with E-state index in [1.807, 2.05) is 6.92 Å². The van der Waals surface area contributed by atoms with Crippen molar-refractivity contribution in [3.8, 4) is 0 Å². The van der Waals surface area contributed by atoms with Crippen molar-refractivity contribution in [1.82, 2.24) is 0 Å². The Morgan fingerprint density at radius 3 is 2.83 bits per heavy atom. The summed E-state index contributed by atoms with van der Waals surface area (Å²) in [6.45, 7) is 2.50. The van der Waals surface area contributed by atoms with Crippen molar-refractivity contribution in [2.45, 2.75) is 32.3 Å². The summed E-state index contributed by atoms with van der Waals surface area (Å²) in [5.41, 5.74) is 0. The molecular weight excluding hydrogens is 150 g/mol. The van der Waals surface area contributed by atoms with E-state index in [2.05, 4.69) is 12.2 Å². The smallest absolute Gasteiger partial charge is 0.0815 e. The minimum absolute atomic E-state index is 0.364. The van der Waals surface area contributed by atoms with Gasteiger partial charge in [0.1, 0.15) is 0 Å². The van der Waals surface area contributed by atoms with Crippen molar-refractivity contribution in [3.63, 3.8) is 0 Å². The second-order valence-corrected chi connectivity index (χ2v) is 3.22. The summed E-state index contributed by atoms with van der Waals surface area (Å²) in [6.07, 6.45) is 9.51. The predicted molar refractivity (Wildman–Crippen MR) is 50.7 cm³/mol. The minimum Gasteiger partial charge on any atom is -0.372 e. The zero-order chi connectivity index (χ0) is 8.81. The summed E-state index contributed by atoms with van der Waals surface area (Å²) >= 11 is 0. The van der Waals surface area contributed by atoms with Crippen LogP contribution in [0.2, 0.25) is 0 Å². The standard InChI is InChI=1S/C10H17NO/c1-2-3-4-10(9-5-6-9)12-8-7-11/h2-3,7,9-11H,4-6,8H2,1H3/b3-2+,11-7?/t10-/m1/s1. The molecule has 2 nitrogen and oxygen atoms in total. The van der Waals surface area contributed by atoms with E-state index < -0.39 is 0 Å². The van der Waals surface area contributed by atoms with Crippen LogP contribution in [0.3, 0.4) is 0 Å². The molecule has 0 unspecified atom stereocenters. The zero-order valence-corrected chi connectivity index (χ0v) is 7.62. The minimum atomic E-state index is 0.364. The third-order valence-corrected chi connectivity index (χ3v) is 2.15. The molecule has 1 saturated carbocycles. The third kappa shape index (κ3) is 3.18. The Kier molecular flexibility index (Phi) is 4.01. The molecule has 1 aliphatic carbocycles. The molecule has 1 fully saturated rings. The van der Waals surface area contributed by atoms with E-state index in [9.17, 15) is 0 Å². The molecule has 1 N–H and O–H groups in total. The molecule has 0 aromatic heterocycles. The Balaban J connectivity index is 2.22. The lowest BCUT2D eigenvalue weighted by atomic mass is 10.1. The van der Waals surface area contributed by atoms with Gasteiger partial charge >= 0.3 is 0 Å². The molecule has 0 spiro atoms. The van der Waals surface area contributed by atoms with E-state index in [1.165, 1.54) is 19.1 Å². The highest BCUT2D eigenvalue weighted by atomic mass is 16.5. The highest BCUT2D eigenvalue weighted by Gasteiger charge is 2.30. The maximum absolute atomic E-state index is 6.87. The number of hydrogen-bond acceptors (Lipinski definition) is 2. The normalized spacial score (nSPS) is 19.8. The van der Waals surface area contributed by atoms with Crippen molar-refractivity contribution in [2.75, 3.05) is 6.61 Å². The van der Waals surface area contributed by atoms with Gasteiger partial charge in [0.15, 0.2) is 0 Å². The topological polar surface area (TPSA) is 33.1 Å². The lowest BCUT2D eigenvalue weighted by Crippen LogP contribution is -2.15. The van der Waals surface area contributed by atoms with Crippen LogP contribution in [0.15, 0.2) is 12.2 Å². The van der Waals surface area contributed by atoms with Crippen molar-refractivity contribution in [2.24, 2.45) is 5.92 Å². The lowest BCUT2D eigenvalue weighted by molar-refractivity contribution is 0.0686. The largest absolute Gasteiger partial charge is 0.372 e. The van der Waals surface area contributed by atoms with Crippen LogP contribution in [-0.4, -0.2) is 18.9 Å². The number of hydrogen-bond donors (Lipinski definition) is 1. The second kappa shape index (κ2) is 5.09. The molecule has 0 aliphatic heterocycles. The van der Waals surface area contributed by atoms with Gasteiger partial charge in [-0.1, -0.05) is 12.2 Å². The molecule has 0 amide bonds. The fourth-order valence-electron chi connectivity index (χ4n) is 1.31. The first-order valence-corrected chi connectivity index (χ1v) is 4.60. The van der Waals surface area contributed by atoms with Gasteiger partial charge < -0.3 is 10.1 Å². The second-order valence-electron chi connectivity index (χ2n) is 3.22. The molecule has 12 heavy (non-hydrogen) atoms. The van der Waals surface area contributed by atoms with Crippen LogP contribution in [0.25, 0.3) is 0 Å². The van der Waals surface area contributed by atoms with E-state index in [0.717, 1.165) is 12.3 Å². The molecule has 0 radical (unpaired) electrons. The van der Waals surface area contributed by atoms with Crippen molar-refractivity contribution < 1.29 is 4.74 Å². The van der Waals surface area contributed by atoms with Gasteiger partial charge in [-0.3, -0.25) is 0 Å². The van der Waals surface area contributed by atoms with Gasteiger partial charge in [-0.2, -0.15) is 0 Å². The van der Waals surface area contributed by atoms with E-state index in [0.29, 0.717) is 12.7 Å². The van der Waals surface area contributed by atoms with Gasteiger partial charge in [-0.25, -0.2) is 0 Å². The van der Waals surface area contributed by atoms with E-state index in [-0.39, 0.29) is 0 Å². The van der Waals surface area contributed by atoms with Gasteiger partial charge in [0.25, 0.3) is 0 Å². The Morgan fingerprint density at radius 2 is 2.33 bits per heavy atom. The summed E-state index contributed by atoms with van der Waals surface area (Å²) in [5, 5.41) is 6.87. The Morgan fingerprint density at radius 1 is 1.58 bits per heavy atom. The molecule has 0 aromatic rings. The Bertz CT molecular complexity index is 161. The maximum Gasteiger partial charge on any atom is 0.0815 e. The Labute approximate surface area is 74.1 Å². The van der Waals surface area contributed by atoms with E-state index in [4.69, 9.17) is 10.1 Å². The van der Waals surface area contributed by atoms with Crippen LogP contribution in [0, 0.1) is 11.3 Å². The van der Waals surface area contributed by atoms with Gasteiger partial charge in [-0.15, -0.1) is 0 Å². The summed E-state index contributed by atoms with van der Waals surface area (Å²) in [7, 11) is 0. The average molecular weight is 167 g/mol. The summed E-state index contributed by atoms with van der Waals surface area (Å²) < 4.78 is 5.52. The van der Waals surface area contributed by atoms with Crippen LogP contribution >= 0.6 is 0 Å². The molecule has 1 atom stereocenters. The molecule has 0 bridgehead atoms. The predicted octanol–water partition coefficient (Wildman–Crippen LogP) is 2.40. The fourth-order valence-corrected chi connectivity index (χ4v) is 1.31. The molecule has 0 saturated heterocycles. The molecular formula is C10H17NO. The number of allylic oxidation sites excluding steroid dienone is 1. The van der Waals surface area contributed by atoms with Crippen molar-refractivity contribution >= 4 is 6.21 Å². The molecule has 2 heteroatoms. The summed E-state index contributed by atoms with van der Waals surface area (Å²) in [5.74, 6) is 0.765. The molecule has 1 rings (SSSR count). The van der Waals surface area contributed by atoms with E-state index >= 15 is 0 Å². The SMILES string of the molecule is C/C=C/C[C@@H](OCC=N)C1CC1. The molecule has 1 aliphatic rings. The van der Waals surface area contributed by atoms with Gasteiger partial charge in [0.05, 0.1) is 12.7 Å². The number of rotatable bonds is 6.